The highest BCUT2D eigenvalue weighted by molar-refractivity contribution is 8.05. The van der Waals surface area contributed by atoms with Crippen molar-refractivity contribution in [3.8, 4) is 17.2 Å². The number of benzene rings is 6. The average Bonchev–Trinajstić information content (AvgIpc) is 3.21. The Hall–Kier alpha value is -6.26. The van der Waals surface area contributed by atoms with Gasteiger partial charge in [0.1, 0.15) is 18.2 Å². The fourth-order valence-corrected chi connectivity index (χ4v) is 7.95. The molecule has 0 heterocycles. The fraction of sp³-hybridized carbons (Fsp3) is 0.133. The molecule has 0 saturated heterocycles. The third-order valence-corrected chi connectivity index (χ3v) is 11.1. The second-order valence-electron chi connectivity index (χ2n) is 13.9. The lowest BCUT2D eigenvalue weighted by atomic mass is 9.13. The maximum absolute atomic E-state index is 13.3. The van der Waals surface area contributed by atoms with E-state index >= 15 is 0 Å². The molecule has 0 aromatic heterocycles. The molecule has 314 valence electrons. The third-order valence-electron chi connectivity index (χ3n) is 9.66. The molecule has 0 aliphatic carbocycles. The van der Waals surface area contributed by atoms with E-state index in [0.717, 1.165) is 59.7 Å². The van der Waals surface area contributed by atoms with Crippen molar-refractivity contribution < 1.29 is 56.9 Å². The van der Waals surface area contributed by atoms with E-state index in [-0.39, 0.29) is 21.9 Å². The third kappa shape index (κ3) is 11.3. The van der Waals surface area contributed by atoms with Gasteiger partial charge in [0.05, 0.1) is 33.9 Å². The van der Waals surface area contributed by atoms with Crippen LogP contribution in [0.1, 0.15) is 38.9 Å². The average molecular weight is 872 g/mol. The summed E-state index contributed by atoms with van der Waals surface area (Å²) < 4.78 is 173. The Morgan fingerprint density at radius 2 is 0.770 bits per heavy atom. The number of nitrogens with zero attached hydrogens (tertiary/aromatic N) is 1. The van der Waals surface area contributed by atoms with Gasteiger partial charge in [-0.2, -0.15) is 79.8 Å². The van der Waals surface area contributed by atoms with E-state index in [0.29, 0.717) is 59.8 Å². The Balaban J connectivity index is 0.000000294. The lowest BCUT2D eigenvalue weighted by Gasteiger charge is -2.44. The van der Waals surface area contributed by atoms with Crippen molar-refractivity contribution in [3.63, 3.8) is 0 Å². The molecular weight excluding hydrogens is 841 g/mol. The second-order valence-corrected chi connectivity index (χ2v) is 16.4. The molecule has 0 aliphatic heterocycles. The Morgan fingerprint density at radius 3 is 1.05 bits per heavy atom. The van der Waals surface area contributed by atoms with Gasteiger partial charge >= 0.3 is 24.7 Å². The quantitative estimate of drug-likeness (QED) is 0.0724. The molecule has 6 rings (SSSR count). The molecule has 2 nitrogen and oxygen atoms in total. The highest BCUT2D eigenvalue weighted by Crippen LogP contribution is 2.32. The summed E-state index contributed by atoms with van der Waals surface area (Å²) in [5.74, 6) is 3.35. The molecular formula is C45H30BF12NOS. The maximum atomic E-state index is 13.3. The van der Waals surface area contributed by atoms with Crippen LogP contribution in [0.3, 0.4) is 0 Å². The van der Waals surface area contributed by atoms with Crippen molar-refractivity contribution in [2.24, 2.45) is 0 Å². The minimum Gasteiger partial charge on any atom is -0.195 e. The van der Waals surface area contributed by atoms with Crippen LogP contribution >= 0.6 is 0 Å². The lowest BCUT2D eigenvalue weighted by Crippen LogP contribution is -2.74. The zero-order valence-electron chi connectivity index (χ0n) is 31.5. The zero-order chi connectivity index (χ0) is 44.9. The number of alkyl halides is 12. The summed E-state index contributed by atoms with van der Waals surface area (Å²) in [6.07, 6.45) is -20.3. The first-order valence-electron chi connectivity index (χ1n) is 17.8. The Morgan fingerprint density at radius 1 is 0.459 bits per heavy atom. The molecule has 0 aliphatic rings. The molecule has 0 fully saturated rings. The predicted octanol–water partition coefficient (Wildman–Crippen LogP) is 10.3. The van der Waals surface area contributed by atoms with E-state index in [9.17, 15) is 56.9 Å². The molecule has 1 atom stereocenters. The first-order chi connectivity index (χ1) is 28.4. The van der Waals surface area contributed by atoms with Crippen molar-refractivity contribution >= 4 is 37.9 Å². The van der Waals surface area contributed by atoms with E-state index in [1.807, 2.05) is 42.5 Å². The van der Waals surface area contributed by atoms with Gasteiger partial charge in [-0.15, -0.1) is 0 Å². The minimum absolute atomic E-state index is 0.0114. The first-order valence-corrected chi connectivity index (χ1v) is 20.0. The van der Waals surface area contributed by atoms with Gasteiger partial charge < -0.3 is 0 Å². The molecule has 0 N–H and O–H groups in total. The molecule has 0 saturated carbocycles. The van der Waals surface area contributed by atoms with Crippen LogP contribution in [0.4, 0.5) is 52.7 Å². The first kappa shape index (κ1) is 45.8. The van der Waals surface area contributed by atoms with Gasteiger partial charge in [0.25, 0.3) is 0 Å². The van der Waals surface area contributed by atoms with Crippen LogP contribution in [0.25, 0.3) is 0 Å². The topological polar surface area (TPSA) is 40.9 Å². The van der Waals surface area contributed by atoms with Gasteiger partial charge in [0.2, 0.25) is 0 Å². The van der Waals surface area contributed by atoms with E-state index in [1.54, 1.807) is 18.4 Å². The van der Waals surface area contributed by atoms with Crippen LogP contribution in [-0.2, 0) is 44.6 Å². The van der Waals surface area contributed by atoms with Crippen LogP contribution in [0.15, 0.2) is 152 Å². The minimum atomic E-state index is -4.77. The number of nitriles is 1. The SMILES string of the molecule is C[S+](=O)(C#Cc1ccccc1)Cc1ccc(C#N)cc1.FC(F)(F)c1ccc([B-](c2ccc(C(F)(F)F)cc2)(c2ccc(C(F)(F)F)cc2)c2ccc(C(F)(F)F)cc2)cc1. The lowest BCUT2D eigenvalue weighted by molar-refractivity contribution is -0.138. The monoisotopic (exact) mass is 871 g/mol. The Labute approximate surface area is 343 Å². The van der Waals surface area contributed by atoms with Crippen molar-refractivity contribution in [1.82, 2.24) is 0 Å². The molecule has 6 aromatic carbocycles. The van der Waals surface area contributed by atoms with E-state index in [2.05, 4.69) is 17.2 Å². The molecule has 0 amide bonds. The van der Waals surface area contributed by atoms with Crippen molar-refractivity contribution in [3.05, 3.63) is 191 Å². The maximum Gasteiger partial charge on any atom is 0.416 e. The fourth-order valence-electron chi connectivity index (χ4n) is 6.72. The van der Waals surface area contributed by atoms with Gasteiger partial charge in [-0.05, 0) is 30.2 Å². The van der Waals surface area contributed by atoms with Crippen LogP contribution in [0, 0.1) is 22.5 Å². The van der Waals surface area contributed by atoms with Crippen LogP contribution in [0.2, 0.25) is 0 Å². The molecule has 0 bridgehead atoms. The van der Waals surface area contributed by atoms with E-state index in [4.69, 9.17) is 5.26 Å². The summed E-state index contributed by atoms with van der Waals surface area (Å²) >= 11 is 0. The molecule has 6 aromatic rings. The van der Waals surface area contributed by atoms with Crippen LogP contribution < -0.4 is 21.9 Å². The number of rotatable bonds is 6. The largest absolute Gasteiger partial charge is 0.416 e. The van der Waals surface area contributed by atoms with Gasteiger partial charge in [-0.25, -0.2) is 0 Å². The zero-order valence-corrected chi connectivity index (χ0v) is 32.3. The summed E-state index contributed by atoms with van der Waals surface area (Å²) in [5, 5.41) is 11.6. The summed E-state index contributed by atoms with van der Waals surface area (Å²) in [6.45, 7) is 0. The van der Waals surface area contributed by atoms with Crippen LogP contribution in [-0.4, -0.2) is 12.4 Å². The summed E-state index contributed by atoms with van der Waals surface area (Å²) in [4.78, 5) is 0. The van der Waals surface area contributed by atoms with Crippen molar-refractivity contribution in [2.45, 2.75) is 30.5 Å². The van der Waals surface area contributed by atoms with Gasteiger partial charge in [-0.1, -0.05) is 132 Å². The highest BCUT2D eigenvalue weighted by Gasteiger charge is 2.38. The number of hydrogen-bond acceptors (Lipinski definition) is 2. The summed E-state index contributed by atoms with van der Waals surface area (Å²) in [6, 6.07) is 32.3. The molecule has 61 heavy (non-hydrogen) atoms. The molecule has 0 spiro atoms. The summed E-state index contributed by atoms with van der Waals surface area (Å²) in [7, 11) is -2.25. The van der Waals surface area contributed by atoms with Gasteiger partial charge in [0.15, 0.2) is 15.2 Å². The number of halogens is 12. The Bertz CT molecular complexity index is 2330. The smallest absolute Gasteiger partial charge is 0.195 e. The predicted molar refractivity (Wildman–Crippen MR) is 212 cm³/mol. The standard InChI is InChI=1S/C28H16BF12.C17H14NOS/c30-25(31,32)17-1-9-21(10-2-17)29(22-11-3-18(4-12-22)26(33,34)35,23-13-5-19(6-14-23)27(36,37)38)24-15-7-20(8-16-24)28(39,40)41;1-20(19,12-11-15-5-3-2-4-6-15)14-17-9-7-16(13-18)8-10-17/h1-16H;2-10H,14H2,1H3/q-1;+1. The molecule has 0 radical (unpaired) electrons. The van der Waals surface area contributed by atoms with E-state index < -0.39 is 63.0 Å². The van der Waals surface area contributed by atoms with Crippen molar-refractivity contribution in [1.29, 1.82) is 5.26 Å². The van der Waals surface area contributed by atoms with Gasteiger partial charge in [-0.3, -0.25) is 0 Å². The normalized spacial score (nSPS) is 13.1. The van der Waals surface area contributed by atoms with Crippen LogP contribution in [0.5, 0.6) is 0 Å². The van der Waals surface area contributed by atoms with Gasteiger partial charge in [0, 0.05) is 11.1 Å². The number of hydrogen-bond donors (Lipinski definition) is 0. The van der Waals surface area contributed by atoms with E-state index in [1.165, 1.54) is 0 Å². The molecule has 16 heteroatoms. The van der Waals surface area contributed by atoms with Crippen molar-refractivity contribution in [2.75, 3.05) is 6.26 Å². The second kappa shape index (κ2) is 17.8. The Kier molecular flexibility index (Phi) is 13.3. The highest BCUT2D eigenvalue weighted by atomic mass is 32.2. The molecule has 1 unspecified atom stereocenters. The summed E-state index contributed by atoms with van der Waals surface area (Å²) in [5.41, 5.74) is -1.90.